The molecule has 0 atom stereocenters. The van der Waals surface area contributed by atoms with E-state index in [2.05, 4.69) is 20.9 Å². The number of esters is 1. The maximum atomic E-state index is 12.2. The van der Waals surface area contributed by atoms with Crippen LogP contribution >= 0.6 is 15.9 Å². The number of methoxy groups -OCH3 is 1. The molecular weight excluding hydrogens is 418 g/mol. The molecule has 0 saturated carbocycles. The smallest absolute Gasteiger partial charge is 0.340 e. The van der Waals surface area contributed by atoms with Gasteiger partial charge in [0.25, 0.3) is 5.56 Å². The van der Waals surface area contributed by atoms with E-state index < -0.39 is 17.3 Å². The van der Waals surface area contributed by atoms with Gasteiger partial charge in [0.05, 0.1) is 49.1 Å². The normalized spacial score (nSPS) is 10.5. The number of benzene rings is 1. The lowest BCUT2D eigenvalue weighted by Gasteiger charge is -2.11. The maximum absolute atomic E-state index is 12.2. The summed E-state index contributed by atoms with van der Waals surface area (Å²) in [6.45, 7) is 2.11. The van der Waals surface area contributed by atoms with Crippen molar-refractivity contribution in [3.63, 3.8) is 0 Å². The molecule has 1 aromatic heterocycles. The lowest BCUT2D eigenvalue weighted by Crippen LogP contribution is -2.24. The van der Waals surface area contributed by atoms with Crippen LogP contribution in [0.3, 0.4) is 0 Å². The summed E-state index contributed by atoms with van der Waals surface area (Å²) in [5, 5.41) is -0.0222. The zero-order valence-electron chi connectivity index (χ0n) is 15.0. The molecule has 1 heterocycles. The summed E-state index contributed by atoms with van der Waals surface area (Å²) >= 11 is 3.02. The first-order valence-corrected chi connectivity index (χ1v) is 9.35. The van der Waals surface area contributed by atoms with Crippen molar-refractivity contribution in [1.82, 2.24) is 4.98 Å². The SMILES string of the molecule is CCOC(=O)c1cc(C(=O)CBr)c(=O)[nH]c1COCc1ccc(OC)cc1. The molecule has 2 rings (SSSR count). The Morgan fingerprint density at radius 1 is 1.11 bits per heavy atom. The molecule has 27 heavy (non-hydrogen) atoms. The fraction of sp³-hybridized carbons (Fsp3) is 0.316. The third-order valence-corrected chi connectivity index (χ3v) is 4.22. The van der Waals surface area contributed by atoms with Gasteiger partial charge in [-0.3, -0.25) is 9.59 Å². The fourth-order valence-corrected chi connectivity index (χ4v) is 2.65. The van der Waals surface area contributed by atoms with Crippen molar-refractivity contribution in [2.24, 2.45) is 0 Å². The van der Waals surface area contributed by atoms with Crippen LogP contribution in [0.15, 0.2) is 35.1 Å². The highest BCUT2D eigenvalue weighted by Crippen LogP contribution is 2.14. The minimum absolute atomic E-state index is 0.0157. The van der Waals surface area contributed by atoms with Crippen LogP contribution in [-0.2, 0) is 22.7 Å². The second-order valence-corrected chi connectivity index (χ2v) is 6.08. The molecule has 0 aliphatic heterocycles. The summed E-state index contributed by atoms with van der Waals surface area (Å²) in [6.07, 6.45) is 0. The quantitative estimate of drug-likeness (QED) is 0.368. The molecule has 1 aromatic carbocycles. The van der Waals surface area contributed by atoms with Crippen LogP contribution in [0.5, 0.6) is 5.75 Å². The fourth-order valence-electron chi connectivity index (χ4n) is 2.35. The Balaban J connectivity index is 2.20. The molecule has 0 aliphatic carbocycles. The van der Waals surface area contributed by atoms with Crippen molar-refractivity contribution in [1.29, 1.82) is 0 Å². The van der Waals surface area contributed by atoms with Gasteiger partial charge in [0.2, 0.25) is 0 Å². The molecule has 0 bridgehead atoms. The van der Waals surface area contributed by atoms with Crippen molar-refractivity contribution in [2.75, 3.05) is 19.0 Å². The van der Waals surface area contributed by atoms with Gasteiger partial charge in [-0.2, -0.15) is 0 Å². The van der Waals surface area contributed by atoms with E-state index in [4.69, 9.17) is 14.2 Å². The van der Waals surface area contributed by atoms with E-state index in [1.807, 2.05) is 24.3 Å². The summed E-state index contributed by atoms with van der Waals surface area (Å²) in [5.74, 6) is -0.312. The van der Waals surface area contributed by atoms with Crippen molar-refractivity contribution in [3.05, 3.63) is 63.1 Å². The van der Waals surface area contributed by atoms with E-state index in [0.29, 0.717) is 0 Å². The number of aromatic amines is 1. The van der Waals surface area contributed by atoms with Gasteiger partial charge in [0.1, 0.15) is 5.75 Å². The van der Waals surface area contributed by atoms with Crippen molar-refractivity contribution >= 4 is 27.7 Å². The molecule has 0 unspecified atom stereocenters. The van der Waals surface area contributed by atoms with Crippen LogP contribution in [0.25, 0.3) is 0 Å². The number of H-pyrrole nitrogens is 1. The van der Waals surface area contributed by atoms with Gasteiger partial charge in [0, 0.05) is 0 Å². The summed E-state index contributed by atoms with van der Waals surface area (Å²) in [7, 11) is 1.59. The summed E-state index contributed by atoms with van der Waals surface area (Å²) in [6, 6.07) is 8.58. The monoisotopic (exact) mass is 437 g/mol. The molecule has 8 heteroatoms. The number of carbonyl (C=O) groups excluding carboxylic acids is 2. The van der Waals surface area contributed by atoms with E-state index in [-0.39, 0.29) is 42.0 Å². The predicted octanol–water partition coefficient (Wildman–Crippen LogP) is 2.85. The molecule has 0 amide bonds. The van der Waals surface area contributed by atoms with Crippen LogP contribution in [0.4, 0.5) is 0 Å². The number of aromatic nitrogens is 1. The number of alkyl halides is 1. The molecule has 0 radical (unpaired) electrons. The zero-order valence-corrected chi connectivity index (χ0v) is 16.6. The minimum Gasteiger partial charge on any atom is -0.497 e. The van der Waals surface area contributed by atoms with Crippen molar-refractivity contribution < 1.29 is 23.8 Å². The molecule has 144 valence electrons. The highest BCUT2D eigenvalue weighted by molar-refractivity contribution is 9.09. The number of halogens is 1. The Morgan fingerprint density at radius 2 is 1.81 bits per heavy atom. The van der Waals surface area contributed by atoms with Gasteiger partial charge in [-0.1, -0.05) is 28.1 Å². The average molecular weight is 438 g/mol. The third kappa shape index (κ3) is 5.51. The molecule has 2 aromatic rings. The van der Waals surface area contributed by atoms with Crippen LogP contribution in [0.2, 0.25) is 0 Å². The lowest BCUT2D eigenvalue weighted by atomic mass is 10.1. The van der Waals surface area contributed by atoms with Crippen LogP contribution in [0, 0.1) is 0 Å². The largest absolute Gasteiger partial charge is 0.497 e. The third-order valence-electron chi connectivity index (χ3n) is 3.71. The molecule has 0 spiro atoms. The highest BCUT2D eigenvalue weighted by Gasteiger charge is 2.19. The first kappa shape index (κ1) is 20.9. The lowest BCUT2D eigenvalue weighted by molar-refractivity contribution is 0.0514. The average Bonchev–Trinajstić information content (AvgIpc) is 2.68. The summed E-state index contributed by atoms with van der Waals surface area (Å²) in [5.41, 5.74) is 0.597. The van der Waals surface area contributed by atoms with Gasteiger partial charge in [-0.25, -0.2) is 4.79 Å². The Bertz CT molecular complexity index is 859. The van der Waals surface area contributed by atoms with E-state index in [1.54, 1.807) is 14.0 Å². The van der Waals surface area contributed by atoms with Gasteiger partial charge in [-0.05, 0) is 30.7 Å². The number of carbonyl (C=O) groups is 2. The van der Waals surface area contributed by atoms with Gasteiger partial charge < -0.3 is 19.2 Å². The number of pyridine rings is 1. The van der Waals surface area contributed by atoms with Crippen molar-refractivity contribution in [2.45, 2.75) is 20.1 Å². The standard InChI is InChI=1S/C19H20BrNO6/c1-3-27-19(24)14-8-15(17(22)9-20)18(23)21-16(14)11-26-10-12-4-6-13(25-2)7-5-12/h4-8H,3,9-11H2,1-2H3,(H,21,23). The predicted molar refractivity (Wildman–Crippen MR) is 103 cm³/mol. The molecule has 7 nitrogen and oxygen atoms in total. The molecule has 0 aliphatic rings. The number of ketones is 1. The molecule has 0 saturated heterocycles. The summed E-state index contributed by atoms with van der Waals surface area (Å²) < 4.78 is 15.7. The Kier molecular flexibility index (Phi) is 7.75. The number of nitrogens with one attached hydrogen (secondary N) is 1. The number of hydrogen-bond donors (Lipinski definition) is 1. The van der Waals surface area contributed by atoms with Gasteiger partial charge >= 0.3 is 5.97 Å². The molecule has 1 N–H and O–H groups in total. The minimum atomic E-state index is -0.625. The number of hydrogen-bond acceptors (Lipinski definition) is 6. The maximum Gasteiger partial charge on any atom is 0.340 e. The Morgan fingerprint density at radius 3 is 2.41 bits per heavy atom. The van der Waals surface area contributed by atoms with E-state index in [9.17, 15) is 14.4 Å². The number of rotatable bonds is 9. The first-order chi connectivity index (χ1) is 13.0. The second-order valence-electron chi connectivity index (χ2n) is 5.52. The Labute approximate surface area is 164 Å². The van der Waals surface area contributed by atoms with E-state index in [0.717, 1.165) is 11.3 Å². The number of Topliss-reactive ketones (excluding diaryl/α,β-unsaturated/α-hetero) is 1. The van der Waals surface area contributed by atoms with Gasteiger partial charge in [-0.15, -0.1) is 0 Å². The zero-order chi connectivity index (χ0) is 19.8. The molecular formula is C19H20BrNO6. The van der Waals surface area contributed by atoms with Crippen LogP contribution < -0.4 is 10.3 Å². The summed E-state index contributed by atoms with van der Waals surface area (Å²) in [4.78, 5) is 38.8. The number of ether oxygens (including phenoxy) is 3. The second kappa shape index (κ2) is 10.0. The van der Waals surface area contributed by atoms with Crippen LogP contribution in [-0.4, -0.2) is 35.8 Å². The van der Waals surface area contributed by atoms with E-state index in [1.165, 1.54) is 6.07 Å². The van der Waals surface area contributed by atoms with E-state index >= 15 is 0 Å². The topological polar surface area (TPSA) is 94.7 Å². The molecule has 0 fully saturated rings. The Hall–Kier alpha value is -2.45. The first-order valence-electron chi connectivity index (χ1n) is 8.23. The van der Waals surface area contributed by atoms with Crippen LogP contribution in [0.1, 0.15) is 38.9 Å². The van der Waals surface area contributed by atoms with Crippen molar-refractivity contribution in [3.8, 4) is 5.75 Å². The van der Waals surface area contributed by atoms with Gasteiger partial charge in [0.15, 0.2) is 5.78 Å². The highest BCUT2D eigenvalue weighted by atomic mass is 79.9.